The highest BCUT2D eigenvalue weighted by molar-refractivity contribution is 7.90. The predicted molar refractivity (Wildman–Crippen MR) is 88.7 cm³/mol. The summed E-state index contributed by atoms with van der Waals surface area (Å²) in [6.45, 7) is 0. The fraction of sp³-hybridized carbons (Fsp3) is 0.235. The molecule has 0 saturated heterocycles. The molecular formula is C17H19NO4S. The Bertz CT molecular complexity index is 798. The van der Waals surface area contributed by atoms with Crippen molar-refractivity contribution in [2.45, 2.75) is 17.4 Å². The van der Waals surface area contributed by atoms with E-state index in [9.17, 15) is 13.2 Å². The molecule has 0 heterocycles. The maximum absolute atomic E-state index is 11.6. The number of rotatable bonds is 5. The molecule has 2 aromatic rings. The number of carbonyl (C=O) groups is 1. The van der Waals surface area contributed by atoms with Gasteiger partial charge in [-0.3, -0.25) is 4.79 Å². The standard InChI is InChI=1S/C17H19NO4S/c1-22-17(19)16(18)10-12-6-8-13(9-7-12)14-4-3-5-15(11-14)23(2,20)21/h3-9,11,16H,10,18H2,1-2H3. The van der Waals surface area contributed by atoms with Crippen LogP contribution in [-0.4, -0.2) is 33.8 Å². The zero-order valence-corrected chi connectivity index (χ0v) is 13.8. The van der Waals surface area contributed by atoms with Gasteiger partial charge in [-0.15, -0.1) is 0 Å². The number of hydrogen-bond donors (Lipinski definition) is 1. The Hall–Kier alpha value is -2.18. The molecule has 0 aliphatic carbocycles. The van der Waals surface area contributed by atoms with Crippen LogP contribution in [0.2, 0.25) is 0 Å². The number of hydrogen-bond acceptors (Lipinski definition) is 5. The summed E-state index contributed by atoms with van der Waals surface area (Å²) in [5.41, 5.74) is 8.35. The van der Waals surface area contributed by atoms with Gasteiger partial charge in [-0.25, -0.2) is 8.42 Å². The van der Waals surface area contributed by atoms with Gasteiger partial charge in [0, 0.05) is 6.26 Å². The molecule has 0 fully saturated rings. The van der Waals surface area contributed by atoms with Gasteiger partial charge in [-0.05, 0) is 35.2 Å². The second kappa shape index (κ2) is 6.93. The maximum Gasteiger partial charge on any atom is 0.322 e. The molecule has 2 rings (SSSR count). The minimum Gasteiger partial charge on any atom is -0.468 e. The molecule has 0 aliphatic heterocycles. The molecule has 23 heavy (non-hydrogen) atoms. The Morgan fingerprint density at radius 1 is 1.13 bits per heavy atom. The van der Waals surface area contributed by atoms with Crippen LogP contribution in [0.25, 0.3) is 11.1 Å². The molecule has 2 N–H and O–H groups in total. The van der Waals surface area contributed by atoms with E-state index in [0.717, 1.165) is 16.7 Å². The number of benzene rings is 2. The number of carbonyl (C=O) groups excluding carboxylic acids is 1. The van der Waals surface area contributed by atoms with E-state index >= 15 is 0 Å². The largest absolute Gasteiger partial charge is 0.468 e. The van der Waals surface area contributed by atoms with Crippen molar-refractivity contribution in [2.75, 3.05) is 13.4 Å². The summed E-state index contributed by atoms with van der Waals surface area (Å²) in [5.74, 6) is -0.449. The molecule has 0 aliphatic rings. The Kier molecular flexibility index (Phi) is 5.18. The summed E-state index contributed by atoms with van der Waals surface area (Å²) in [4.78, 5) is 11.6. The van der Waals surface area contributed by atoms with Crippen molar-refractivity contribution in [3.8, 4) is 11.1 Å². The minimum absolute atomic E-state index is 0.284. The van der Waals surface area contributed by atoms with E-state index in [1.807, 2.05) is 30.3 Å². The summed E-state index contributed by atoms with van der Waals surface area (Å²) in [7, 11) is -1.93. The van der Waals surface area contributed by atoms with Crippen LogP contribution in [0.3, 0.4) is 0 Å². The maximum atomic E-state index is 11.6. The third-order valence-corrected chi connectivity index (χ3v) is 4.62. The number of esters is 1. The predicted octanol–water partition coefficient (Wildman–Crippen LogP) is 1.80. The summed E-state index contributed by atoms with van der Waals surface area (Å²) in [5, 5.41) is 0. The first kappa shape index (κ1) is 17.2. The lowest BCUT2D eigenvalue weighted by Gasteiger charge is -2.10. The topological polar surface area (TPSA) is 86.5 Å². The van der Waals surface area contributed by atoms with E-state index in [0.29, 0.717) is 6.42 Å². The van der Waals surface area contributed by atoms with Crippen LogP contribution in [0.1, 0.15) is 5.56 Å². The van der Waals surface area contributed by atoms with Crippen LogP contribution in [0.4, 0.5) is 0 Å². The third kappa shape index (κ3) is 4.40. The van der Waals surface area contributed by atoms with Gasteiger partial charge in [0.15, 0.2) is 9.84 Å². The van der Waals surface area contributed by atoms with Crippen molar-refractivity contribution in [3.05, 3.63) is 54.1 Å². The highest BCUT2D eigenvalue weighted by Gasteiger charge is 2.14. The molecule has 6 heteroatoms. The van der Waals surface area contributed by atoms with Crippen molar-refractivity contribution in [3.63, 3.8) is 0 Å². The van der Waals surface area contributed by atoms with Crippen molar-refractivity contribution in [1.29, 1.82) is 0 Å². The average molecular weight is 333 g/mol. The van der Waals surface area contributed by atoms with Crippen LogP contribution in [0, 0.1) is 0 Å². The van der Waals surface area contributed by atoms with E-state index in [1.54, 1.807) is 18.2 Å². The van der Waals surface area contributed by atoms with Gasteiger partial charge < -0.3 is 10.5 Å². The van der Waals surface area contributed by atoms with Gasteiger partial charge in [-0.2, -0.15) is 0 Å². The second-order valence-electron chi connectivity index (χ2n) is 5.33. The van der Waals surface area contributed by atoms with Gasteiger partial charge in [0.05, 0.1) is 12.0 Å². The summed E-state index contributed by atoms with van der Waals surface area (Å²) < 4.78 is 27.9. The van der Waals surface area contributed by atoms with Crippen LogP contribution in [0.15, 0.2) is 53.4 Å². The molecule has 0 amide bonds. The molecule has 5 nitrogen and oxygen atoms in total. The SMILES string of the molecule is COC(=O)C(N)Cc1ccc(-c2cccc(S(C)(=O)=O)c2)cc1. The zero-order chi connectivity index (χ0) is 17.0. The number of ether oxygens (including phenoxy) is 1. The second-order valence-corrected chi connectivity index (χ2v) is 7.35. The smallest absolute Gasteiger partial charge is 0.322 e. The van der Waals surface area contributed by atoms with E-state index in [4.69, 9.17) is 5.73 Å². The van der Waals surface area contributed by atoms with E-state index in [-0.39, 0.29) is 4.90 Å². The molecule has 0 aromatic heterocycles. The lowest BCUT2D eigenvalue weighted by atomic mass is 10.0. The van der Waals surface area contributed by atoms with Crippen molar-refractivity contribution in [1.82, 2.24) is 0 Å². The highest BCUT2D eigenvalue weighted by Crippen LogP contribution is 2.23. The first-order valence-corrected chi connectivity index (χ1v) is 8.93. The lowest BCUT2D eigenvalue weighted by molar-refractivity contribution is -0.142. The van der Waals surface area contributed by atoms with Gasteiger partial charge in [0.2, 0.25) is 0 Å². The molecule has 1 atom stereocenters. The minimum atomic E-state index is -3.24. The molecular weight excluding hydrogens is 314 g/mol. The summed E-state index contributed by atoms with van der Waals surface area (Å²) in [6.07, 6.45) is 1.57. The fourth-order valence-electron chi connectivity index (χ4n) is 2.23. The Labute approximate surface area is 136 Å². The molecule has 2 aromatic carbocycles. The average Bonchev–Trinajstić information content (AvgIpc) is 2.54. The monoisotopic (exact) mass is 333 g/mol. The summed E-state index contributed by atoms with van der Waals surface area (Å²) >= 11 is 0. The molecule has 0 saturated carbocycles. The lowest BCUT2D eigenvalue weighted by Crippen LogP contribution is -2.33. The molecule has 0 radical (unpaired) electrons. The Morgan fingerprint density at radius 2 is 1.78 bits per heavy atom. The Balaban J connectivity index is 2.22. The van der Waals surface area contributed by atoms with E-state index < -0.39 is 21.8 Å². The van der Waals surface area contributed by atoms with Gasteiger partial charge >= 0.3 is 5.97 Å². The first-order valence-electron chi connectivity index (χ1n) is 7.04. The van der Waals surface area contributed by atoms with Gasteiger partial charge in [-0.1, -0.05) is 36.4 Å². The molecule has 0 spiro atoms. The molecule has 122 valence electrons. The fourth-order valence-corrected chi connectivity index (χ4v) is 2.90. The van der Waals surface area contributed by atoms with E-state index in [1.165, 1.54) is 13.4 Å². The van der Waals surface area contributed by atoms with Crippen molar-refractivity contribution in [2.24, 2.45) is 5.73 Å². The Morgan fingerprint density at radius 3 is 2.35 bits per heavy atom. The van der Waals surface area contributed by atoms with Crippen molar-refractivity contribution >= 4 is 15.8 Å². The first-order chi connectivity index (χ1) is 10.8. The van der Waals surface area contributed by atoms with Crippen molar-refractivity contribution < 1.29 is 17.9 Å². The van der Waals surface area contributed by atoms with Crippen LogP contribution < -0.4 is 5.73 Å². The molecule has 0 bridgehead atoms. The van der Waals surface area contributed by atoms with Crippen LogP contribution in [-0.2, 0) is 25.8 Å². The van der Waals surface area contributed by atoms with Gasteiger partial charge in [0.25, 0.3) is 0 Å². The zero-order valence-electron chi connectivity index (χ0n) is 13.0. The van der Waals surface area contributed by atoms with Crippen LogP contribution >= 0.6 is 0 Å². The highest BCUT2D eigenvalue weighted by atomic mass is 32.2. The van der Waals surface area contributed by atoms with Gasteiger partial charge in [0.1, 0.15) is 6.04 Å². The number of sulfone groups is 1. The van der Waals surface area contributed by atoms with E-state index in [2.05, 4.69) is 4.74 Å². The molecule has 1 unspecified atom stereocenters. The summed E-state index contributed by atoms with van der Waals surface area (Å²) in [6, 6.07) is 13.6. The van der Waals surface area contributed by atoms with Crippen LogP contribution in [0.5, 0.6) is 0 Å². The third-order valence-electron chi connectivity index (χ3n) is 3.51. The number of methoxy groups -OCH3 is 1. The quantitative estimate of drug-likeness (QED) is 0.843. The normalized spacial score (nSPS) is 12.7. The number of nitrogens with two attached hydrogens (primary N) is 1.